The Labute approximate surface area is 143 Å². The Bertz CT molecular complexity index is 711. The highest BCUT2D eigenvalue weighted by Gasteiger charge is 2.36. The van der Waals surface area contributed by atoms with Crippen LogP contribution in [-0.4, -0.2) is 24.1 Å². The van der Waals surface area contributed by atoms with Crippen LogP contribution in [0.4, 0.5) is 4.79 Å². The molecule has 3 nitrogen and oxygen atoms in total. The fourth-order valence-corrected chi connectivity index (χ4v) is 3.51. The van der Waals surface area contributed by atoms with E-state index in [1.807, 2.05) is 42.2 Å². The summed E-state index contributed by atoms with van der Waals surface area (Å²) in [4.78, 5) is 14.4. The second-order valence-electron chi connectivity index (χ2n) is 5.98. The number of ether oxygens (including phenoxy) is 1. The van der Waals surface area contributed by atoms with Crippen molar-refractivity contribution >= 4 is 6.09 Å². The Morgan fingerprint density at radius 1 is 1.17 bits per heavy atom. The summed E-state index contributed by atoms with van der Waals surface area (Å²) in [6, 6.07) is 18.7. The van der Waals surface area contributed by atoms with Gasteiger partial charge in [-0.15, -0.1) is 6.58 Å². The Morgan fingerprint density at radius 3 is 2.50 bits per heavy atom. The van der Waals surface area contributed by atoms with Crippen molar-refractivity contribution in [1.82, 2.24) is 4.90 Å². The first-order valence-corrected chi connectivity index (χ1v) is 8.44. The molecular weight excluding hydrogens is 298 g/mol. The van der Waals surface area contributed by atoms with Gasteiger partial charge in [0.05, 0.1) is 12.6 Å². The Morgan fingerprint density at radius 2 is 1.83 bits per heavy atom. The third-order valence-corrected chi connectivity index (χ3v) is 4.58. The topological polar surface area (TPSA) is 29.5 Å². The molecule has 0 aromatic heterocycles. The van der Waals surface area contributed by atoms with Crippen LogP contribution in [0.3, 0.4) is 0 Å². The van der Waals surface area contributed by atoms with Crippen LogP contribution in [0, 0.1) is 0 Å². The Balaban J connectivity index is 2.07. The molecular formula is C21H23NO2. The summed E-state index contributed by atoms with van der Waals surface area (Å²) in [7, 11) is 0. The van der Waals surface area contributed by atoms with E-state index in [9.17, 15) is 4.79 Å². The number of hydrogen-bond donors (Lipinski definition) is 0. The fraction of sp³-hybridized carbons (Fsp3) is 0.286. The molecule has 0 N–H and O–H groups in total. The molecule has 3 rings (SSSR count). The number of nitrogens with zero attached hydrogens (tertiary/aromatic N) is 1. The van der Waals surface area contributed by atoms with Crippen molar-refractivity contribution in [3.63, 3.8) is 0 Å². The van der Waals surface area contributed by atoms with Gasteiger partial charge in [-0.2, -0.15) is 0 Å². The lowest BCUT2D eigenvalue weighted by molar-refractivity contribution is 0.0843. The first kappa shape index (κ1) is 16.3. The summed E-state index contributed by atoms with van der Waals surface area (Å²) in [6.07, 6.45) is 2.34. The molecule has 124 valence electrons. The van der Waals surface area contributed by atoms with Crippen LogP contribution in [-0.2, 0) is 4.74 Å². The molecule has 0 saturated carbocycles. The van der Waals surface area contributed by atoms with Gasteiger partial charge in [0.15, 0.2) is 0 Å². The maximum atomic E-state index is 12.5. The minimum Gasteiger partial charge on any atom is -0.450 e. The molecule has 0 spiro atoms. The lowest BCUT2D eigenvalue weighted by Gasteiger charge is -2.40. The SMILES string of the molecule is C=CC[C@H]1c2ccccc2[C@H](c2ccccc2)CN1C(=O)OCC. The molecule has 24 heavy (non-hydrogen) atoms. The molecule has 3 heteroatoms. The van der Waals surface area contributed by atoms with E-state index in [0.29, 0.717) is 13.2 Å². The van der Waals surface area contributed by atoms with Gasteiger partial charge in [0, 0.05) is 12.5 Å². The molecule has 2 aromatic carbocycles. The molecule has 1 aliphatic rings. The Hall–Kier alpha value is -2.55. The molecule has 0 aliphatic carbocycles. The molecule has 0 fully saturated rings. The predicted molar refractivity (Wildman–Crippen MR) is 96.0 cm³/mol. The molecule has 0 bridgehead atoms. The molecule has 1 heterocycles. The summed E-state index contributed by atoms with van der Waals surface area (Å²) in [5, 5.41) is 0. The van der Waals surface area contributed by atoms with Gasteiger partial charge in [0.25, 0.3) is 0 Å². The number of hydrogen-bond acceptors (Lipinski definition) is 2. The van der Waals surface area contributed by atoms with E-state index in [-0.39, 0.29) is 18.1 Å². The number of carbonyl (C=O) groups excluding carboxylic acids is 1. The summed E-state index contributed by atoms with van der Waals surface area (Å²) in [6.45, 7) is 6.71. The maximum absolute atomic E-state index is 12.5. The van der Waals surface area contributed by atoms with Crippen LogP contribution in [0.15, 0.2) is 67.3 Å². The average Bonchev–Trinajstić information content (AvgIpc) is 2.63. The zero-order valence-electron chi connectivity index (χ0n) is 14.0. The van der Waals surface area contributed by atoms with Crippen molar-refractivity contribution in [2.24, 2.45) is 0 Å². The van der Waals surface area contributed by atoms with Gasteiger partial charge in [-0.05, 0) is 30.0 Å². The summed E-state index contributed by atoms with van der Waals surface area (Å²) in [5.41, 5.74) is 3.69. The van der Waals surface area contributed by atoms with Crippen LogP contribution in [0.2, 0.25) is 0 Å². The van der Waals surface area contributed by atoms with E-state index in [4.69, 9.17) is 4.74 Å². The van der Waals surface area contributed by atoms with Gasteiger partial charge >= 0.3 is 6.09 Å². The van der Waals surface area contributed by atoms with Gasteiger partial charge in [0.1, 0.15) is 0 Å². The second-order valence-corrected chi connectivity index (χ2v) is 5.98. The van der Waals surface area contributed by atoms with Crippen molar-refractivity contribution < 1.29 is 9.53 Å². The first-order chi connectivity index (χ1) is 11.8. The number of carbonyl (C=O) groups is 1. The number of benzene rings is 2. The summed E-state index contributed by atoms with van der Waals surface area (Å²) < 4.78 is 5.31. The smallest absolute Gasteiger partial charge is 0.410 e. The van der Waals surface area contributed by atoms with E-state index < -0.39 is 0 Å². The molecule has 0 unspecified atom stereocenters. The summed E-state index contributed by atoms with van der Waals surface area (Å²) in [5.74, 6) is 0.160. The van der Waals surface area contributed by atoms with E-state index >= 15 is 0 Å². The monoisotopic (exact) mass is 321 g/mol. The van der Waals surface area contributed by atoms with E-state index in [0.717, 1.165) is 6.42 Å². The number of rotatable bonds is 4. The molecule has 0 radical (unpaired) electrons. The van der Waals surface area contributed by atoms with Crippen LogP contribution >= 0.6 is 0 Å². The normalized spacial score (nSPS) is 19.5. The van der Waals surface area contributed by atoms with Crippen molar-refractivity contribution in [3.8, 4) is 0 Å². The first-order valence-electron chi connectivity index (χ1n) is 8.44. The van der Waals surface area contributed by atoms with Crippen molar-refractivity contribution in [1.29, 1.82) is 0 Å². The van der Waals surface area contributed by atoms with E-state index in [2.05, 4.69) is 36.9 Å². The van der Waals surface area contributed by atoms with Crippen LogP contribution < -0.4 is 0 Å². The highest BCUT2D eigenvalue weighted by atomic mass is 16.6. The molecule has 1 amide bonds. The third kappa shape index (κ3) is 3.07. The molecule has 1 aliphatic heterocycles. The van der Waals surface area contributed by atoms with Crippen molar-refractivity contribution in [2.45, 2.75) is 25.3 Å². The fourth-order valence-electron chi connectivity index (χ4n) is 3.51. The largest absolute Gasteiger partial charge is 0.450 e. The predicted octanol–water partition coefficient (Wildman–Crippen LogP) is 4.91. The van der Waals surface area contributed by atoms with Crippen molar-refractivity contribution in [3.05, 3.63) is 83.9 Å². The standard InChI is InChI=1S/C21H23NO2/c1-3-10-20-18-14-9-8-13-17(18)19(16-11-6-5-7-12-16)15-22(20)21(23)24-4-2/h3,5-9,11-14,19-20H,1,4,10,15H2,2H3/t19-,20-/m0/s1. The van der Waals surface area contributed by atoms with Gasteiger partial charge in [-0.1, -0.05) is 60.7 Å². The Kier molecular flexibility index (Phi) is 4.99. The van der Waals surface area contributed by atoms with Gasteiger partial charge in [-0.25, -0.2) is 4.79 Å². The third-order valence-electron chi connectivity index (χ3n) is 4.58. The quantitative estimate of drug-likeness (QED) is 0.749. The molecule has 2 aromatic rings. The van der Waals surface area contributed by atoms with Crippen LogP contribution in [0.25, 0.3) is 0 Å². The summed E-state index contributed by atoms with van der Waals surface area (Å²) >= 11 is 0. The van der Waals surface area contributed by atoms with Crippen LogP contribution in [0.1, 0.15) is 42.0 Å². The average molecular weight is 321 g/mol. The van der Waals surface area contributed by atoms with Gasteiger partial charge in [-0.3, -0.25) is 4.90 Å². The lowest BCUT2D eigenvalue weighted by atomic mass is 9.80. The lowest BCUT2D eigenvalue weighted by Crippen LogP contribution is -2.42. The minimum absolute atomic E-state index is 0.0160. The second kappa shape index (κ2) is 7.35. The molecule has 2 atom stereocenters. The van der Waals surface area contributed by atoms with E-state index in [1.54, 1.807) is 0 Å². The minimum atomic E-state index is -0.250. The zero-order valence-corrected chi connectivity index (χ0v) is 14.0. The zero-order chi connectivity index (χ0) is 16.9. The van der Waals surface area contributed by atoms with E-state index in [1.165, 1.54) is 16.7 Å². The maximum Gasteiger partial charge on any atom is 0.410 e. The number of amides is 1. The van der Waals surface area contributed by atoms with Gasteiger partial charge < -0.3 is 4.74 Å². The van der Waals surface area contributed by atoms with Gasteiger partial charge in [0.2, 0.25) is 0 Å². The van der Waals surface area contributed by atoms with Crippen molar-refractivity contribution in [2.75, 3.05) is 13.2 Å². The molecule has 0 saturated heterocycles. The highest BCUT2D eigenvalue weighted by molar-refractivity contribution is 5.69. The van der Waals surface area contributed by atoms with Crippen LogP contribution in [0.5, 0.6) is 0 Å². The highest BCUT2D eigenvalue weighted by Crippen LogP contribution is 2.41. The number of fused-ring (bicyclic) bond motifs is 1.